The number of nitrogens with one attached hydrogen (secondary N) is 1. The molecule has 0 aromatic heterocycles. The Kier molecular flexibility index (Phi) is 5.12. The number of hydrogen-bond acceptors (Lipinski definition) is 3. The van der Waals surface area contributed by atoms with Gasteiger partial charge in [0.15, 0.2) is 0 Å². The van der Waals surface area contributed by atoms with Crippen LogP contribution in [0.4, 0.5) is 11.4 Å². The van der Waals surface area contributed by atoms with Crippen LogP contribution in [0.25, 0.3) is 0 Å². The van der Waals surface area contributed by atoms with Gasteiger partial charge in [-0.05, 0) is 52.1 Å². The molecule has 3 heteroatoms. The fraction of sp³-hybridized carbons (Fsp3) is 0.538. The van der Waals surface area contributed by atoms with Crippen LogP contribution in [-0.4, -0.2) is 31.1 Å². The lowest BCUT2D eigenvalue weighted by Gasteiger charge is -2.20. The van der Waals surface area contributed by atoms with Gasteiger partial charge in [-0.15, -0.1) is 0 Å². The summed E-state index contributed by atoms with van der Waals surface area (Å²) >= 11 is 0. The molecule has 0 radical (unpaired) electrons. The molecular weight excluding hydrogens is 198 g/mol. The molecule has 0 aliphatic heterocycles. The van der Waals surface area contributed by atoms with E-state index in [-0.39, 0.29) is 0 Å². The summed E-state index contributed by atoms with van der Waals surface area (Å²) < 4.78 is 0. The Balaban J connectivity index is 2.21. The molecule has 90 valence electrons. The summed E-state index contributed by atoms with van der Waals surface area (Å²) in [4.78, 5) is 2.35. The quantitative estimate of drug-likeness (QED) is 0.572. The van der Waals surface area contributed by atoms with Crippen molar-refractivity contribution in [1.82, 2.24) is 4.90 Å². The summed E-state index contributed by atoms with van der Waals surface area (Å²) in [6.07, 6.45) is 1.14. The van der Waals surface area contributed by atoms with Crippen LogP contribution in [0.5, 0.6) is 0 Å². The van der Waals surface area contributed by atoms with E-state index in [4.69, 9.17) is 5.73 Å². The van der Waals surface area contributed by atoms with Gasteiger partial charge >= 0.3 is 0 Å². The zero-order valence-electron chi connectivity index (χ0n) is 10.5. The zero-order valence-corrected chi connectivity index (χ0v) is 10.5. The molecule has 0 saturated heterocycles. The summed E-state index contributed by atoms with van der Waals surface area (Å²) in [7, 11) is 2.16. The van der Waals surface area contributed by atoms with Crippen molar-refractivity contribution in [1.29, 1.82) is 0 Å². The molecule has 16 heavy (non-hydrogen) atoms. The molecule has 0 aliphatic carbocycles. The molecule has 0 aliphatic rings. The Morgan fingerprint density at radius 2 is 2.12 bits per heavy atom. The zero-order chi connectivity index (χ0) is 12.0. The van der Waals surface area contributed by atoms with Crippen molar-refractivity contribution < 1.29 is 0 Å². The van der Waals surface area contributed by atoms with Crippen LogP contribution >= 0.6 is 0 Å². The maximum Gasteiger partial charge on any atom is 0.0360 e. The minimum atomic E-state index is 0.618. The van der Waals surface area contributed by atoms with Crippen LogP contribution in [0.2, 0.25) is 0 Å². The second-order valence-corrected chi connectivity index (χ2v) is 4.48. The van der Waals surface area contributed by atoms with Gasteiger partial charge in [0.25, 0.3) is 0 Å². The SMILES string of the molecule is CC(C)N(C)CCCNc1cccc(N)c1. The highest BCUT2D eigenvalue weighted by Crippen LogP contribution is 2.11. The fourth-order valence-electron chi connectivity index (χ4n) is 1.47. The number of hydrogen-bond donors (Lipinski definition) is 2. The van der Waals surface area contributed by atoms with Gasteiger partial charge in [0.2, 0.25) is 0 Å². The third kappa shape index (κ3) is 4.53. The molecule has 3 nitrogen and oxygen atoms in total. The highest BCUT2D eigenvalue weighted by Gasteiger charge is 2.01. The maximum atomic E-state index is 5.70. The average Bonchev–Trinajstić information content (AvgIpc) is 2.24. The van der Waals surface area contributed by atoms with Gasteiger partial charge in [0.1, 0.15) is 0 Å². The van der Waals surface area contributed by atoms with Crippen molar-refractivity contribution in [3.05, 3.63) is 24.3 Å². The minimum absolute atomic E-state index is 0.618. The van der Waals surface area contributed by atoms with Crippen LogP contribution in [-0.2, 0) is 0 Å². The predicted octanol–water partition coefficient (Wildman–Crippen LogP) is 2.41. The first kappa shape index (κ1) is 12.8. The number of anilines is 2. The molecule has 1 aromatic carbocycles. The minimum Gasteiger partial charge on any atom is -0.399 e. The molecular formula is C13H23N3. The van der Waals surface area contributed by atoms with Crippen molar-refractivity contribution in [3.8, 4) is 0 Å². The van der Waals surface area contributed by atoms with E-state index in [9.17, 15) is 0 Å². The molecule has 3 N–H and O–H groups in total. The third-order valence-corrected chi connectivity index (χ3v) is 2.78. The van der Waals surface area contributed by atoms with Crippen molar-refractivity contribution in [2.45, 2.75) is 26.3 Å². The van der Waals surface area contributed by atoms with E-state index in [1.165, 1.54) is 0 Å². The predicted molar refractivity (Wildman–Crippen MR) is 71.7 cm³/mol. The van der Waals surface area contributed by atoms with Crippen LogP contribution in [0, 0.1) is 0 Å². The lowest BCUT2D eigenvalue weighted by molar-refractivity contribution is 0.273. The first-order valence-electron chi connectivity index (χ1n) is 5.89. The van der Waals surface area contributed by atoms with Gasteiger partial charge in [-0.2, -0.15) is 0 Å². The maximum absolute atomic E-state index is 5.70. The van der Waals surface area contributed by atoms with E-state index in [0.717, 1.165) is 30.9 Å². The van der Waals surface area contributed by atoms with Crippen LogP contribution < -0.4 is 11.1 Å². The Bertz CT molecular complexity index is 310. The van der Waals surface area contributed by atoms with Crippen LogP contribution in [0.1, 0.15) is 20.3 Å². The first-order valence-corrected chi connectivity index (χ1v) is 5.89. The highest BCUT2D eigenvalue weighted by atomic mass is 15.1. The highest BCUT2D eigenvalue weighted by molar-refractivity contribution is 5.53. The molecule has 1 aromatic rings. The van der Waals surface area contributed by atoms with E-state index < -0.39 is 0 Å². The number of nitrogens with zero attached hydrogens (tertiary/aromatic N) is 1. The molecule has 0 fully saturated rings. The van der Waals surface area contributed by atoms with Crippen LogP contribution in [0.3, 0.4) is 0 Å². The normalized spacial score (nSPS) is 11.1. The molecule has 0 heterocycles. The van der Waals surface area contributed by atoms with Crippen molar-refractivity contribution >= 4 is 11.4 Å². The number of nitrogens with two attached hydrogens (primary N) is 1. The van der Waals surface area contributed by atoms with Crippen molar-refractivity contribution in [2.24, 2.45) is 0 Å². The lowest BCUT2D eigenvalue weighted by atomic mass is 10.2. The molecule has 1 rings (SSSR count). The molecule has 0 bridgehead atoms. The van der Waals surface area contributed by atoms with Gasteiger partial charge < -0.3 is 16.0 Å². The van der Waals surface area contributed by atoms with E-state index in [2.05, 4.69) is 31.1 Å². The third-order valence-electron chi connectivity index (χ3n) is 2.78. The van der Waals surface area contributed by atoms with Crippen molar-refractivity contribution in [3.63, 3.8) is 0 Å². The average molecular weight is 221 g/mol. The second-order valence-electron chi connectivity index (χ2n) is 4.48. The van der Waals surface area contributed by atoms with Gasteiger partial charge in [-0.25, -0.2) is 0 Å². The Morgan fingerprint density at radius 1 is 1.38 bits per heavy atom. The second kappa shape index (κ2) is 6.38. The van der Waals surface area contributed by atoms with Gasteiger partial charge in [-0.3, -0.25) is 0 Å². The van der Waals surface area contributed by atoms with Crippen molar-refractivity contribution in [2.75, 3.05) is 31.2 Å². The Morgan fingerprint density at radius 3 is 2.75 bits per heavy atom. The molecule has 0 atom stereocenters. The summed E-state index contributed by atoms with van der Waals surface area (Å²) in [5.74, 6) is 0. The van der Waals surface area contributed by atoms with Gasteiger partial charge in [-0.1, -0.05) is 6.07 Å². The number of rotatable bonds is 6. The summed E-state index contributed by atoms with van der Waals surface area (Å²) in [6, 6.07) is 8.50. The lowest BCUT2D eigenvalue weighted by Crippen LogP contribution is -2.28. The topological polar surface area (TPSA) is 41.3 Å². The molecule has 0 saturated carbocycles. The van der Waals surface area contributed by atoms with E-state index in [1.807, 2.05) is 24.3 Å². The van der Waals surface area contributed by atoms with E-state index >= 15 is 0 Å². The fourth-order valence-corrected chi connectivity index (χ4v) is 1.47. The van der Waals surface area contributed by atoms with Gasteiger partial charge in [0.05, 0.1) is 0 Å². The monoisotopic (exact) mass is 221 g/mol. The first-order chi connectivity index (χ1) is 7.59. The summed E-state index contributed by atoms with van der Waals surface area (Å²) in [5, 5.41) is 3.37. The smallest absolute Gasteiger partial charge is 0.0360 e. The molecule has 0 spiro atoms. The standard InChI is InChI=1S/C13H23N3/c1-11(2)16(3)9-5-8-15-13-7-4-6-12(14)10-13/h4,6-7,10-11,15H,5,8-9,14H2,1-3H3. The number of benzene rings is 1. The molecule has 0 unspecified atom stereocenters. The van der Waals surface area contributed by atoms with Crippen LogP contribution in [0.15, 0.2) is 24.3 Å². The Labute approximate surface area is 98.6 Å². The van der Waals surface area contributed by atoms with E-state index in [1.54, 1.807) is 0 Å². The van der Waals surface area contributed by atoms with Gasteiger partial charge in [0, 0.05) is 24.0 Å². The number of nitrogen functional groups attached to an aromatic ring is 1. The summed E-state index contributed by atoms with van der Waals surface area (Å²) in [6.45, 7) is 6.53. The Hall–Kier alpha value is -1.22. The van der Waals surface area contributed by atoms with E-state index in [0.29, 0.717) is 6.04 Å². The molecule has 0 amide bonds. The summed E-state index contributed by atoms with van der Waals surface area (Å²) in [5.41, 5.74) is 7.62. The largest absolute Gasteiger partial charge is 0.399 e.